The third-order valence-electron chi connectivity index (χ3n) is 3.62. The van der Waals surface area contributed by atoms with Gasteiger partial charge in [-0.05, 0) is 24.1 Å². The second-order valence-corrected chi connectivity index (χ2v) is 5.71. The maximum atomic E-state index is 12.9. The van der Waals surface area contributed by atoms with Gasteiger partial charge in [0.15, 0.2) is 22.9 Å². The molecule has 1 aromatic heterocycles. The van der Waals surface area contributed by atoms with E-state index in [2.05, 4.69) is 10.4 Å². The molecule has 0 unspecified atom stereocenters. The highest BCUT2D eigenvalue weighted by atomic mass is 35.5. The van der Waals surface area contributed by atoms with E-state index in [-0.39, 0.29) is 6.54 Å². The average molecular weight is 392 g/mol. The second kappa shape index (κ2) is 7.86. The molecule has 0 bridgehead atoms. The van der Waals surface area contributed by atoms with Crippen LogP contribution in [-0.4, -0.2) is 36.5 Å². The van der Waals surface area contributed by atoms with E-state index in [1.165, 1.54) is 14.2 Å². The standard InChI is InChI=1S/C16H17ClF3N3O3/c1-23-14(16(18,19)20)12(17)13(22-23)15(24)21-7-6-9-4-5-10(25-2)11(8-9)26-3/h4-5,8H,6-7H2,1-3H3,(H,21,24). The number of nitrogens with one attached hydrogen (secondary N) is 1. The Kier molecular flexibility index (Phi) is 6.01. The van der Waals surface area contributed by atoms with Crippen molar-refractivity contribution in [3.05, 3.63) is 40.2 Å². The molecule has 0 atom stereocenters. The smallest absolute Gasteiger partial charge is 0.434 e. The lowest BCUT2D eigenvalue weighted by molar-refractivity contribution is -0.143. The Hall–Kier alpha value is -2.42. The molecule has 0 saturated carbocycles. The lowest BCUT2D eigenvalue weighted by Crippen LogP contribution is -2.26. The highest BCUT2D eigenvalue weighted by molar-refractivity contribution is 6.34. The first kappa shape index (κ1) is 19.9. The summed E-state index contributed by atoms with van der Waals surface area (Å²) in [5.41, 5.74) is -0.774. The summed E-state index contributed by atoms with van der Waals surface area (Å²) in [5.74, 6) is 0.334. The Morgan fingerprint density at radius 3 is 2.46 bits per heavy atom. The Morgan fingerprint density at radius 2 is 1.92 bits per heavy atom. The number of halogens is 4. The van der Waals surface area contributed by atoms with E-state index in [4.69, 9.17) is 21.1 Å². The Morgan fingerprint density at radius 1 is 1.27 bits per heavy atom. The molecule has 10 heteroatoms. The quantitative estimate of drug-likeness (QED) is 0.822. The first-order valence-electron chi connectivity index (χ1n) is 7.47. The van der Waals surface area contributed by atoms with Crippen LogP contribution in [0.15, 0.2) is 18.2 Å². The van der Waals surface area contributed by atoms with Gasteiger partial charge in [0.05, 0.1) is 14.2 Å². The molecule has 0 fully saturated rings. The summed E-state index contributed by atoms with van der Waals surface area (Å²) in [7, 11) is 4.10. The normalized spacial score (nSPS) is 11.3. The number of carbonyl (C=O) groups is 1. The molecule has 1 amide bonds. The van der Waals surface area contributed by atoms with Crippen LogP contribution in [0.2, 0.25) is 5.02 Å². The van der Waals surface area contributed by atoms with Crippen molar-refractivity contribution in [2.75, 3.05) is 20.8 Å². The van der Waals surface area contributed by atoms with E-state index in [0.29, 0.717) is 22.6 Å². The van der Waals surface area contributed by atoms with Gasteiger partial charge in [-0.3, -0.25) is 9.48 Å². The number of alkyl halides is 3. The number of aryl methyl sites for hydroxylation is 1. The largest absolute Gasteiger partial charge is 0.493 e. The van der Waals surface area contributed by atoms with Gasteiger partial charge in [0.25, 0.3) is 5.91 Å². The topological polar surface area (TPSA) is 65.4 Å². The Bertz CT molecular complexity index is 806. The van der Waals surface area contributed by atoms with Gasteiger partial charge in [0, 0.05) is 13.6 Å². The highest BCUT2D eigenvalue weighted by Gasteiger charge is 2.39. The number of amides is 1. The number of ether oxygens (including phenoxy) is 2. The highest BCUT2D eigenvalue weighted by Crippen LogP contribution is 2.35. The van der Waals surface area contributed by atoms with Crippen molar-refractivity contribution in [2.24, 2.45) is 7.05 Å². The van der Waals surface area contributed by atoms with Crippen LogP contribution in [0.25, 0.3) is 0 Å². The molecule has 2 aromatic rings. The number of benzene rings is 1. The van der Waals surface area contributed by atoms with E-state index in [1.807, 2.05) is 0 Å². The molecule has 1 N–H and O–H groups in total. The molecule has 0 aliphatic rings. The summed E-state index contributed by atoms with van der Waals surface area (Å²) < 4.78 is 49.6. The van der Waals surface area contributed by atoms with Gasteiger partial charge in [-0.1, -0.05) is 17.7 Å². The summed E-state index contributed by atoms with van der Waals surface area (Å²) in [6.45, 7) is 0.183. The van der Waals surface area contributed by atoms with Gasteiger partial charge < -0.3 is 14.8 Å². The number of methoxy groups -OCH3 is 2. The molecule has 0 radical (unpaired) electrons. The Labute approximate surface area is 152 Å². The third-order valence-corrected chi connectivity index (χ3v) is 3.98. The SMILES string of the molecule is COc1ccc(CCNC(=O)c2nn(C)c(C(F)(F)F)c2Cl)cc1OC. The minimum atomic E-state index is -4.70. The van der Waals surface area contributed by atoms with Crippen molar-refractivity contribution in [1.29, 1.82) is 0 Å². The van der Waals surface area contributed by atoms with Crippen LogP contribution < -0.4 is 14.8 Å². The van der Waals surface area contributed by atoms with Gasteiger partial charge in [0.1, 0.15) is 5.02 Å². The fourth-order valence-electron chi connectivity index (χ4n) is 2.39. The van der Waals surface area contributed by atoms with E-state index in [9.17, 15) is 18.0 Å². The molecule has 1 aromatic carbocycles. The number of nitrogens with zero attached hydrogens (tertiary/aromatic N) is 2. The minimum Gasteiger partial charge on any atom is -0.493 e. The molecule has 142 valence electrons. The van der Waals surface area contributed by atoms with Crippen LogP contribution >= 0.6 is 11.6 Å². The van der Waals surface area contributed by atoms with Gasteiger partial charge in [-0.25, -0.2) is 0 Å². The van der Waals surface area contributed by atoms with Crippen LogP contribution in [-0.2, 0) is 19.6 Å². The molecule has 2 rings (SSSR count). The second-order valence-electron chi connectivity index (χ2n) is 5.33. The number of rotatable bonds is 6. The molecule has 0 aliphatic carbocycles. The van der Waals surface area contributed by atoms with Crippen LogP contribution in [0, 0.1) is 0 Å². The summed E-state index contributed by atoms with van der Waals surface area (Å²) >= 11 is 5.68. The van der Waals surface area contributed by atoms with Crippen molar-refractivity contribution >= 4 is 17.5 Å². The van der Waals surface area contributed by atoms with E-state index in [0.717, 1.165) is 12.6 Å². The molecule has 26 heavy (non-hydrogen) atoms. The van der Waals surface area contributed by atoms with Crippen LogP contribution in [0.1, 0.15) is 21.7 Å². The molecule has 0 aliphatic heterocycles. The third kappa shape index (κ3) is 4.21. The number of carbonyl (C=O) groups excluding carboxylic acids is 1. The first-order chi connectivity index (χ1) is 12.2. The molecule has 0 saturated heterocycles. The summed E-state index contributed by atoms with van der Waals surface area (Å²) in [4.78, 5) is 12.1. The first-order valence-corrected chi connectivity index (χ1v) is 7.85. The average Bonchev–Trinajstić information content (AvgIpc) is 2.89. The fraction of sp³-hybridized carbons (Fsp3) is 0.375. The van der Waals surface area contributed by atoms with Crippen LogP contribution in [0.3, 0.4) is 0 Å². The lowest BCUT2D eigenvalue weighted by Gasteiger charge is -2.10. The molecule has 0 spiro atoms. The van der Waals surface area contributed by atoms with Gasteiger partial charge in [0.2, 0.25) is 0 Å². The monoisotopic (exact) mass is 391 g/mol. The number of hydrogen-bond acceptors (Lipinski definition) is 4. The summed E-state index contributed by atoms with van der Waals surface area (Å²) in [6.07, 6.45) is -4.26. The number of hydrogen-bond donors (Lipinski definition) is 1. The Balaban J connectivity index is 2.04. The van der Waals surface area contributed by atoms with Crippen molar-refractivity contribution in [1.82, 2.24) is 15.1 Å². The van der Waals surface area contributed by atoms with Crippen molar-refractivity contribution in [2.45, 2.75) is 12.6 Å². The zero-order valence-electron chi connectivity index (χ0n) is 14.3. The maximum Gasteiger partial charge on any atom is 0.434 e. The molecule has 6 nitrogen and oxygen atoms in total. The van der Waals surface area contributed by atoms with Gasteiger partial charge in [-0.2, -0.15) is 18.3 Å². The van der Waals surface area contributed by atoms with Gasteiger partial charge >= 0.3 is 6.18 Å². The molecular weight excluding hydrogens is 375 g/mol. The zero-order chi connectivity index (χ0) is 19.5. The van der Waals surface area contributed by atoms with E-state index in [1.54, 1.807) is 18.2 Å². The van der Waals surface area contributed by atoms with Crippen LogP contribution in [0.5, 0.6) is 11.5 Å². The molecular formula is C16H17ClF3N3O3. The number of aromatic nitrogens is 2. The predicted octanol–water partition coefficient (Wildman–Crippen LogP) is 3.08. The summed E-state index contributed by atoms with van der Waals surface area (Å²) in [5, 5.41) is 5.36. The van der Waals surface area contributed by atoms with E-state index < -0.39 is 28.5 Å². The van der Waals surface area contributed by atoms with Crippen LogP contribution in [0.4, 0.5) is 13.2 Å². The predicted molar refractivity (Wildman–Crippen MR) is 88.8 cm³/mol. The molecule has 1 heterocycles. The van der Waals surface area contributed by atoms with Gasteiger partial charge in [-0.15, -0.1) is 0 Å². The lowest BCUT2D eigenvalue weighted by atomic mass is 10.1. The maximum absolute atomic E-state index is 12.9. The van der Waals surface area contributed by atoms with E-state index >= 15 is 0 Å². The van der Waals surface area contributed by atoms with Crippen molar-refractivity contribution in [3.8, 4) is 11.5 Å². The fourth-order valence-corrected chi connectivity index (χ4v) is 2.74. The zero-order valence-corrected chi connectivity index (χ0v) is 15.0. The minimum absolute atomic E-state index is 0.183. The van der Waals surface area contributed by atoms with Crippen molar-refractivity contribution < 1.29 is 27.4 Å². The van der Waals surface area contributed by atoms with Crippen molar-refractivity contribution in [3.63, 3.8) is 0 Å². The summed E-state index contributed by atoms with van der Waals surface area (Å²) in [6, 6.07) is 5.27.